The number of sulfone groups is 1. The maximum absolute atomic E-state index is 13.2. The lowest BCUT2D eigenvalue weighted by molar-refractivity contribution is -0.121. The highest BCUT2D eigenvalue weighted by Gasteiger charge is 2.30. The van der Waals surface area contributed by atoms with E-state index in [1.807, 2.05) is 6.92 Å². The van der Waals surface area contributed by atoms with Crippen molar-refractivity contribution in [1.29, 1.82) is 0 Å². The smallest absolute Gasteiger partial charge is 0.220 e. The van der Waals surface area contributed by atoms with Gasteiger partial charge in [0.1, 0.15) is 15.3 Å². The molecule has 1 heterocycles. The molecule has 130 valence electrons. The van der Waals surface area contributed by atoms with Crippen LogP contribution < -0.4 is 5.32 Å². The summed E-state index contributed by atoms with van der Waals surface area (Å²) in [5.74, 6) is -0.608. The Kier molecular flexibility index (Phi) is 6.51. The Bertz CT molecular complexity index is 756. The van der Waals surface area contributed by atoms with Crippen LogP contribution in [0.3, 0.4) is 0 Å². The number of carbonyl (C=O) groups is 1. The van der Waals surface area contributed by atoms with Crippen molar-refractivity contribution in [2.45, 2.75) is 35.6 Å². The molecular weight excluding hydrogens is 349 g/mol. The van der Waals surface area contributed by atoms with Crippen LogP contribution in [0.4, 0.5) is 4.39 Å². The molecule has 2 aromatic rings. The fraction of sp³-hybridized carbons (Fsp3) is 0.353. The van der Waals surface area contributed by atoms with E-state index in [4.69, 9.17) is 0 Å². The van der Waals surface area contributed by atoms with Gasteiger partial charge >= 0.3 is 0 Å². The number of benzene rings is 1. The Balaban J connectivity index is 2.25. The first-order chi connectivity index (χ1) is 11.4. The number of rotatable bonds is 8. The van der Waals surface area contributed by atoms with Crippen LogP contribution in [0, 0.1) is 5.82 Å². The fourth-order valence-electron chi connectivity index (χ4n) is 2.28. The maximum atomic E-state index is 13.2. The molecule has 1 aromatic heterocycles. The first kappa shape index (κ1) is 18.6. The first-order valence-corrected chi connectivity index (χ1v) is 10.2. The zero-order chi connectivity index (χ0) is 17.6. The van der Waals surface area contributed by atoms with Gasteiger partial charge in [-0.15, -0.1) is 11.3 Å². The molecule has 7 heteroatoms. The van der Waals surface area contributed by atoms with E-state index < -0.39 is 20.9 Å². The van der Waals surface area contributed by atoms with Crippen LogP contribution in [0.2, 0.25) is 0 Å². The monoisotopic (exact) mass is 369 g/mol. The number of halogens is 1. The van der Waals surface area contributed by atoms with E-state index in [1.54, 1.807) is 11.4 Å². The summed E-state index contributed by atoms with van der Waals surface area (Å²) in [6, 6.07) is 8.55. The van der Waals surface area contributed by atoms with Crippen LogP contribution in [0.1, 0.15) is 37.0 Å². The third kappa shape index (κ3) is 4.64. The normalized spacial score (nSPS) is 12.8. The summed E-state index contributed by atoms with van der Waals surface area (Å²) in [5.41, 5.74) is 0.459. The molecule has 0 spiro atoms. The molecule has 0 fully saturated rings. The van der Waals surface area contributed by atoms with Crippen LogP contribution in [-0.4, -0.2) is 20.9 Å². The minimum Gasteiger partial charge on any atom is -0.354 e. The highest BCUT2D eigenvalue weighted by atomic mass is 32.2. The van der Waals surface area contributed by atoms with Crippen molar-refractivity contribution in [1.82, 2.24) is 5.32 Å². The third-order valence-corrected chi connectivity index (χ3v) is 7.17. The summed E-state index contributed by atoms with van der Waals surface area (Å²) >= 11 is 1.13. The quantitative estimate of drug-likeness (QED) is 0.771. The minimum atomic E-state index is -3.66. The van der Waals surface area contributed by atoms with Crippen molar-refractivity contribution in [3.05, 3.63) is 53.2 Å². The molecule has 0 saturated carbocycles. The van der Waals surface area contributed by atoms with Crippen LogP contribution in [0.25, 0.3) is 0 Å². The molecule has 1 unspecified atom stereocenters. The molecule has 0 aliphatic carbocycles. The van der Waals surface area contributed by atoms with Gasteiger partial charge in [0.2, 0.25) is 5.91 Å². The summed E-state index contributed by atoms with van der Waals surface area (Å²) in [7, 11) is -3.66. The number of hydrogen-bond acceptors (Lipinski definition) is 4. The number of carbonyl (C=O) groups excluding carboxylic acids is 1. The average molecular weight is 369 g/mol. The number of thiophene rings is 1. The summed E-state index contributed by atoms with van der Waals surface area (Å²) in [6.07, 6.45) is 2.01. The van der Waals surface area contributed by atoms with Gasteiger partial charge in [0, 0.05) is 13.0 Å². The van der Waals surface area contributed by atoms with Gasteiger partial charge in [-0.3, -0.25) is 4.79 Å². The summed E-state index contributed by atoms with van der Waals surface area (Å²) in [4.78, 5) is 11.8. The zero-order valence-electron chi connectivity index (χ0n) is 13.4. The van der Waals surface area contributed by atoms with Gasteiger partial charge in [0.15, 0.2) is 9.84 Å². The third-order valence-electron chi connectivity index (χ3n) is 3.63. The van der Waals surface area contributed by atoms with Gasteiger partial charge < -0.3 is 5.32 Å². The van der Waals surface area contributed by atoms with Gasteiger partial charge in [-0.25, -0.2) is 12.8 Å². The topological polar surface area (TPSA) is 63.2 Å². The second-order valence-electron chi connectivity index (χ2n) is 5.42. The average Bonchev–Trinajstić information content (AvgIpc) is 3.10. The van der Waals surface area contributed by atoms with Gasteiger partial charge in [0.05, 0.1) is 0 Å². The van der Waals surface area contributed by atoms with Crippen molar-refractivity contribution in [2.75, 3.05) is 6.54 Å². The molecule has 0 radical (unpaired) electrons. The van der Waals surface area contributed by atoms with Crippen molar-refractivity contribution in [3.63, 3.8) is 0 Å². The SMILES string of the molecule is CCCCC(=O)NCC(c1ccc(F)cc1)S(=O)(=O)c1cccs1. The lowest BCUT2D eigenvalue weighted by Gasteiger charge is -2.18. The second-order valence-corrected chi connectivity index (χ2v) is 8.73. The van der Waals surface area contributed by atoms with Crippen LogP contribution >= 0.6 is 11.3 Å². The van der Waals surface area contributed by atoms with Crippen LogP contribution in [0.5, 0.6) is 0 Å². The van der Waals surface area contributed by atoms with E-state index in [9.17, 15) is 17.6 Å². The number of hydrogen-bond donors (Lipinski definition) is 1. The van der Waals surface area contributed by atoms with Gasteiger partial charge in [-0.05, 0) is 35.6 Å². The Labute approximate surface area is 145 Å². The van der Waals surface area contributed by atoms with E-state index >= 15 is 0 Å². The van der Waals surface area contributed by atoms with E-state index in [0.29, 0.717) is 12.0 Å². The Morgan fingerprint density at radius 2 is 1.96 bits per heavy atom. The highest BCUT2D eigenvalue weighted by Crippen LogP contribution is 2.31. The number of nitrogens with one attached hydrogen (secondary N) is 1. The van der Waals surface area contributed by atoms with Gasteiger partial charge in [0.25, 0.3) is 0 Å². The fourth-order valence-corrected chi connectivity index (χ4v) is 5.15. The second kappa shape index (κ2) is 8.39. The molecule has 1 amide bonds. The summed E-state index contributed by atoms with van der Waals surface area (Å²) in [5, 5.41) is 3.44. The molecule has 4 nitrogen and oxygen atoms in total. The number of unbranched alkanes of at least 4 members (excludes halogenated alkanes) is 1. The zero-order valence-corrected chi connectivity index (χ0v) is 15.0. The van der Waals surface area contributed by atoms with E-state index in [0.717, 1.165) is 24.2 Å². The standard InChI is InChI=1S/C17H20FNO3S2/c1-2-3-5-16(20)19-12-15(13-7-9-14(18)10-8-13)24(21,22)17-6-4-11-23-17/h4,6-11,15H,2-3,5,12H2,1H3,(H,19,20). The van der Waals surface area contributed by atoms with Crippen molar-refractivity contribution in [3.8, 4) is 0 Å². The molecule has 1 N–H and O–H groups in total. The lowest BCUT2D eigenvalue weighted by Crippen LogP contribution is -2.31. The Morgan fingerprint density at radius 1 is 1.25 bits per heavy atom. The van der Waals surface area contributed by atoms with Crippen molar-refractivity contribution in [2.24, 2.45) is 0 Å². The summed E-state index contributed by atoms with van der Waals surface area (Å²) in [6.45, 7) is 1.95. The van der Waals surface area contributed by atoms with Crippen molar-refractivity contribution < 1.29 is 17.6 Å². The predicted octanol–water partition coefficient (Wildman–Crippen LogP) is 3.71. The highest BCUT2D eigenvalue weighted by molar-refractivity contribution is 7.93. The van der Waals surface area contributed by atoms with E-state index in [2.05, 4.69) is 5.32 Å². The molecule has 24 heavy (non-hydrogen) atoms. The van der Waals surface area contributed by atoms with E-state index in [1.165, 1.54) is 30.3 Å². The van der Waals surface area contributed by atoms with Gasteiger partial charge in [-0.2, -0.15) is 0 Å². The van der Waals surface area contributed by atoms with Crippen LogP contribution in [0.15, 0.2) is 46.0 Å². The molecule has 2 rings (SSSR count). The lowest BCUT2D eigenvalue weighted by atomic mass is 10.1. The predicted molar refractivity (Wildman–Crippen MR) is 93.2 cm³/mol. The van der Waals surface area contributed by atoms with Gasteiger partial charge in [-0.1, -0.05) is 31.5 Å². The Hall–Kier alpha value is -1.73. The largest absolute Gasteiger partial charge is 0.354 e. The van der Waals surface area contributed by atoms with E-state index in [-0.39, 0.29) is 16.7 Å². The molecule has 0 aliphatic rings. The molecule has 0 aliphatic heterocycles. The molecule has 1 atom stereocenters. The molecule has 0 saturated heterocycles. The number of amides is 1. The Morgan fingerprint density at radius 3 is 2.54 bits per heavy atom. The van der Waals surface area contributed by atoms with Crippen molar-refractivity contribution >= 4 is 27.1 Å². The minimum absolute atomic E-state index is 0.0333. The van der Waals surface area contributed by atoms with Crippen LogP contribution in [-0.2, 0) is 14.6 Å². The maximum Gasteiger partial charge on any atom is 0.220 e. The molecule has 1 aromatic carbocycles. The molecular formula is C17H20FNO3S2. The summed E-state index contributed by atoms with van der Waals surface area (Å²) < 4.78 is 39.1. The molecule has 0 bridgehead atoms. The first-order valence-electron chi connectivity index (χ1n) is 7.74.